The molecule has 1 atom stereocenters. The summed E-state index contributed by atoms with van der Waals surface area (Å²) < 4.78 is 7.16. The lowest BCUT2D eigenvalue weighted by Gasteiger charge is -2.32. The Bertz CT molecular complexity index is 811. The third-order valence-corrected chi connectivity index (χ3v) is 5.03. The summed E-state index contributed by atoms with van der Waals surface area (Å²) in [6, 6.07) is 7.20. The van der Waals surface area contributed by atoms with Crippen LogP contribution in [0.3, 0.4) is 0 Å². The number of ether oxygens (including phenoxy) is 1. The first-order chi connectivity index (χ1) is 13.1. The van der Waals surface area contributed by atoms with Gasteiger partial charge in [0, 0.05) is 25.7 Å². The van der Waals surface area contributed by atoms with Crippen molar-refractivity contribution in [1.29, 1.82) is 0 Å². The molecule has 9 nitrogen and oxygen atoms in total. The van der Waals surface area contributed by atoms with Gasteiger partial charge < -0.3 is 15.0 Å². The Balaban J connectivity index is 1.65. The van der Waals surface area contributed by atoms with Crippen LogP contribution in [0.5, 0.6) is 0 Å². The van der Waals surface area contributed by atoms with E-state index in [0.717, 1.165) is 6.42 Å². The van der Waals surface area contributed by atoms with Gasteiger partial charge >= 0.3 is 0 Å². The first-order valence-corrected chi connectivity index (χ1v) is 9.74. The number of carbonyl (C=O) groups excluding carboxylic acids is 2. The summed E-state index contributed by atoms with van der Waals surface area (Å²) in [7, 11) is 0. The van der Waals surface area contributed by atoms with E-state index >= 15 is 0 Å². The third kappa shape index (κ3) is 5.04. The monoisotopic (exact) mass is 390 g/mol. The fourth-order valence-corrected chi connectivity index (χ4v) is 3.55. The second kappa shape index (κ2) is 8.96. The van der Waals surface area contributed by atoms with E-state index < -0.39 is 0 Å². The summed E-state index contributed by atoms with van der Waals surface area (Å²) in [5, 5.41) is 15.0. The molecular formula is C17H22N6O3S. The maximum atomic E-state index is 12.5. The number of nitrogens with one attached hydrogen (secondary N) is 1. The molecule has 1 N–H and O–H groups in total. The summed E-state index contributed by atoms with van der Waals surface area (Å²) in [5.74, 6) is 0.144. The third-order valence-electron chi connectivity index (χ3n) is 4.12. The molecule has 1 aromatic heterocycles. The van der Waals surface area contributed by atoms with Crippen LogP contribution in [0.15, 0.2) is 29.4 Å². The van der Waals surface area contributed by atoms with Crippen molar-refractivity contribution in [3.63, 3.8) is 0 Å². The highest BCUT2D eigenvalue weighted by molar-refractivity contribution is 7.99. The molecule has 1 fully saturated rings. The first-order valence-electron chi connectivity index (χ1n) is 8.75. The number of nitrogens with zero attached hydrogens (tertiary/aromatic N) is 5. The lowest BCUT2D eigenvalue weighted by Crippen LogP contribution is -2.46. The Hall–Kier alpha value is -2.46. The van der Waals surface area contributed by atoms with Crippen LogP contribution >= 0.6 is 11.8 Å². The maximum absolute atomic E-state index is 12.5. The topological polar surface area (TPSA) is 102 Å². The van der Waals surface area contributed by atoms with Crippen molar-refractivity contribution in [2.45, 2.75) is 31.5 Å². The summed E-state index contributed by atoms with van der Waals surface area (Å²) in [6.45, 7) is 5.31. The molecule has 27 heavy (non-hydrogen) atoms. The van der Waals surface area contributed by atoms with E-state index in [4.69, 9.17) is 4.74 Å². The zero-order valence-corrected chi connectivity index (χ0v) is 16.1. The molecule has 1 unspecified atom stereocenters. The van der Waals surface area contributed by atoms with E-state index in [2.05, 4.69) is 27.8 Å². The zero-order chi connectivity index (χ0) is 19.2. The predicted octanol–water partition coefficient (Wildman–Crippen LogP) is 1.35. The van der Waals surface area contributed by atoms with E-state index in [1.165, 1.54) is 18.7 Å². The van der Waals surface area contributed by atoms with Crippen LogP contribution in [0.2, 0.25) is 0 Å². The standard InChI is InChI=1S/C17H22N6O3S/c1-3-15-10-22(7-8-26-15)16(25)11-27-17-19-20-21-23(17)14-6-4-5-13(9-14)18-12(2)24/h4-6,9,15H,3,7-8,10-11H2,1-2H3,(H,18,24). The van der Waals surface area contributed by atoms with Gasteiger partial charge in [-0.2, -0.15) is 4.68 Å². The molecule has 2 heterocycles. The molecule has 3 rings (SSSR count). The Morgan fingerprint density at radius 3 is 3.04 bits per heavy atom. The number of morpholine rings is 1. The minimum absolute atomic E-state index is 0.0447. The van der Waals surface area contributed by atoms with Gasteiger partial charge in [0.25, 0.3) is 0 Å². The summed E-state index contributed by atoms with van der Waals surface area (Å²) >= 11 is 1.29. The van der Waals surface area contributed by atoms with E-state index in [9.17, 15) is 9.59 Å². The SMILES string of the molecule is CCC1CN(C(=O)CSc2nnnn2-c2cccc(NC(C)=O)c2)CCO1. The average molecular weight is 390 g/mol. The van der Waals surface area contributed by atoms with Gasteiger partial charge in [0.05, 0.1) is 24.2 Å². The summed E-state index contributed by atoms with van der Waals surface area (Å²) in [5.41, 5.74) is 1.36. The molecule has 2 amide bonds. The fourth-order valence-electron chi connectivity index (χ4n) is 2.76. The molecule has 1 aliphatic heterocycles. The van der Waals surface area contributed by atoms with Crippen molar-refractivity contribution >= 4 is 29.3 Å². The number of benzene rings is 1. The number of tetrazole rings is 1. The number of thioether (sulfide) groups is 1. The molecule has 1 aliphatic rings. The molecule has 0 spiro atoms. The van der Waals surface area contributed by atoms with E-state index in [0.29, 0.717) is 36.2 Å². The Kier molecular flexibility index (Phi) is 6.40. The first kappa shape index (κ1) is 19.3. The number of amides is 2. The summed E-state index contributed by atoms with van der Waals surface area (Å²) in [6.07, 6.45) is 0.995. The molecule has 1 saturated heterocycles. The van der Waals surface area contributed by atoms with Gasteiger partial charge in [0.15, 0.2) is 0 Å². The highest BCUT2D eigenvalue weighted by atomic mass is 32.2. The second-order valence-electron chi connectivity index (χ2n) is 6.13. The number of aromatic nitrogens is 4. The minimum atomic E-state index is -0.153. The Labute approximate surface area is 161 Å². The van der Waals surface area contributed by atoms with Gasteiger partial charge in [-0.15, -0.1) is 5.10 Å². The van der Waals surface area contributed by atoms with Crippen LogP contribution in [-0.2, 0) is 14.3 Å². The van der Waals surface area contributed by atoms with Crippen LogP contribution in [0.1, 0.15) is 20.3 Å². The van der Waals surface area contributed by atoms with Gasteiger partial charge in [-0.25, -0.2) is 0 Å². The predicted molar refractivity (Wildman–Crippen MR) is 101 cm³/mol. The van der Waals surface area contributed by atoms with Crippen molar-refractivity contribution in [2.24, 2.45) is 0 Å². The van der Waals surface area contributed by atoms with Crippen molar-refractivity contribution in [3.8, 4) is 5.69 Å². The number of anilines is 1. The van der Waals surface area contributed by atoms with Crippen LogP contribution < -0.4 is 5.32 Å². The Morgan fingerprint density at radius 1 is 1.41 bits per heavy atom. The van der Waals surface area contributed by atoms with E-state index in [1.54, 1.807) is 22.9 Å². The van der Waals surface area contributed by atoms with Crippen molar-refractivity contribution in [2.75, 3.05) is 30.8 Å². The number of hydrogen-bond acceptors (Lipinski definition) is 7. The molecule has 144 valence electrons. The van der Waals surface area contributed by atoms with E-state index in [-0.39, 0.29) is 23.7 Å². The average Bonchev–Trinajstić information content (AvgIpc) is 3.14. The lowest BCUT2D eigenvalue weighted by atomic mass is 10.2. The van der Waals surface area contributed by atoms with Gasteiger partial charge in [-0.3, -0.25) is 9.59 Å². The van der Waals surface area contributed by atoms with Gasteiger partial charge in [-0.05, 0) is 35.0 Å². The minimum Gasteiger partial charge on any atom is -0.375 e. The number of rotatable bonds is 6. The van der Waals surface area contributed by atoms with Crippen molar-refractivity contribution in [3.05, 3.63) is 24.3 Å². The molecule has 2 aromatic rings. The molecule has 0 aliphatic carbocycles. The quantitative estimate of drug-likeness (QED) is 0.743. The van der Waals surface area contributed by atoms with Crippen molar-refractivity contribution in [1.82, 2.24) is 25.1 Å². The molecular weight excluding hydrogens is 368 g/mol. The Morgan fingerprint density at radius 2 is 2.26 bits per heavy atom. The number of carbonyl (C=O) groups is 2. The van der Waals surface area contributed by atoms with Gasteiger partial charge in [0.1, 0.15) is 0 Å². The smallest absolute Gasteiger partial charge is 0.233 e. The lowest BCUT2D eigenvalue weighted by molar-refractivity contribution is -0.135. The second-order valence-corrected chi connectivity index (χ2v) is 7.08. The largest absolute Gasteiger partial charge is 0.375 e. The fraction of sp³-hybridized carbons (Fsp3) is 0.471. The van der Waals surface area contributed by atoms with Crippen LogP contribution in [-0.4, -0.2) is 68.5 Å². The normalized spacial score (nSPS) is 17.0. The number of hydrogen-bond donors (Lipinski definition) is 1. The maximum Gasteiger partial charge on any atom is 0.233 e. The van der Waals surface area contributed by atoms with Crippen LogP contribution in [0.25, 0.3) is 5.69 Å². The molecule has 0 radical (unpaired) electrons. The highest BCUT2D eigenvalue weighted by Crippen LogP contribution is 2.21. The van der Waals surface area contributed by atoms with Crippen LogP contribution in [0.4, 0.5) is 5.69 Å². The molecule has 0 bridgehead atoms. The van der Waals surface area contributed by atoms with Crippen LogP contribution in [0, 0.1) is 0 Å². The van der Waals surface area contributed by atoms with E-state index in [1.807, 2.05) is 11.0 Å². The highest BCUT2D eigenvalue weighted by Gasteiger charge is 2.23. The summed E-state index contributed by atoms with van der Waals surface area (Å²) in [4.78, 5) is 25.6. The molecule has 10 heteroatoms. The molecule has 0 saturated carbocycles. The van der Waals surface area contributed by atoms with Crippen molar-refractivity contribution < 1.29 is 14.3 Å². The van der Waals surface area contributed by atoms with Gasteiger partial charge in [0.2, 0.25) is 17.0 Å². The molecule has 1 aromatic carbocycles. The van der Waals surface area contributed by atoms with Gasteiger partial charge in [-0.1, -0.05) is 24.8 Å². The zero-order valence-electron chi connectivity index (χ0n) is 15.3.